The number of aromatic nitrogens is 1. The van der Waals surface area contributed by atoms with Gasteiger partial charge in [-0.25, -0.2) is 0 Å². The summed E-state index contributed by atoms with van der Waals surface area (Å²) < 4.78 is 7.34. The van der Waals surface area contributed by atoms with Crippen molar-refractivity contribution < 1.29 is 14.0 Å². The molecular formula is C25H25N3O3. The monoisotopic (exact) mass is 415 g/mol. The van der Waals surface area contributed by atoms with Crippen LogP contribution in [0.1, 0.15) is 22.5 Å². The number of benzene rings is 2. The van der Waals surface area contributed by atoms with E-state index in [1.165, 1.54) is 17.2 Å². The van der Waals surface area contributed by atoms with Crippen molar-refractivity contribution in [3.8, 4) is 0 Å². The Balaban J connectivity index is 1.35. The van der Waals surface area contributed by atoms with Gasteiger partial charge < -0.3 is 19.6 Å². The van der Waals surface area contributed by atoms with E-state index >= 15 is 0 Å². The highest BCUT2D eigenvalue weighted by atomic mass is 16.3. The number of carbonyl (C=O) groups is 2. The first-order valence-corrected chi connectivity index (χ1v) is 10.4. The Morgan fingerprint density at radius 3 is 2.55 bits per heavy atom. The molecule has 0 aliphatic heterocycles. The lowest BCUT2D eigenvalue weighted by Gasteiger charge is -2.18. The molecule has 31 heavy (non-hydrogen) atoms. The SMILES string of the molecule is O=C(N[C@@H](Cc1ccccc1)C(=O)NCCCn1ccc2ccccc21)c1ccco1. The topological polar surface area (TPSA) is 76.3 Å². The molecule has 158 valence electrons. The summed E-state index contributed by atoms with van der Waals surface area (Å²) in [5, 5.41) is 6.97. The highest BCUT2D eigenvalue weighted by Crippen LogP contribution is 2.15. The number of nitrogens with zero attached hydrogens (tertiary/aromatic N) is 1. The number of hydrogen-bond acceptors (Lipinski definition) is 3. The number of nitrogens with one attached hydrogen (secondary N) is 2. The highest BCUT2D eigenvalue weighted by molar-refractivity contribution is 5.95. The minimum absolute atomic E-state index is 0.186. The lowest BCUT2D eigenvalue weighted by Crippen LogP contribution is -2.48. The van der Waals surface area contributed by atoms with Crippen molar-refractivity contribution in [1.29, 1.82) is 0 Å². The first kappa shape index (κ1) is 20.5. The van der Waals surface area contributed by atoms with Gasteiger partial charge in [0, 0.05) is 31.2 Å². The predicted molar refractivity (Wildman–Crippen MR) is 120 cm³/mol. The van der Waals surface area contributed by atoms with E-state index in [1.54, 1.807) is 12.1 Å². The normalized spacial score (nSPS) is 11.9. The molecule has 0 saturated heterocycles. The molecule has 0 radical (unpaired) electrons. The summed E-state index contributed by atoms with van der Waals surface area (Å²) in [7, 11) is 0. The third kappa shape index (κ3) is 5.22. The first-order valence-electron chi connectivity index (χ1n) is 10.4. The molecule has 2 N–H and O–H groups in total. The van der Waals surface area contributed by atoms with Crippen molar-refractivity contribution in [3.05, 3.63) is 96.6 Å². The highest BCUT2D eigenvalue weighted by Gasteiger charge is 2.22. The number of hydrogen-bond donors (Lipinski definition) is 2. The fourth-order valence-electron chi connectivity index (χ4n) is 3.62. The Hall–Kier alpha value is -3.80. The van der Waals surface area contributed by atoms with Gasteiger partial charge in [-0.05, 0) is 41.6 Å². The number of amides is 2. The van der Waals surface area contributed by atoms with Crippen LogP contribution in [0.15, 0.2) is 89.7 Å². The number of rotatable bonds is 9. The van der Waals surface area contributed by atoms with Gasteiger partial charge in [0.1, 0.15) is 6.04 Å². The van der Waals surface area contributed by atoms with Gasteiger partial charge >= 0.3 is 0 Å². The third-order valence-electron chi connectivity index (χ3n) is 5.20. The van der Waals surface area contributed by atoms with Gasteiger partial charge in [0.2, 0.25) is 5.91 Å². The summed E-state index contributed by atoms with van der Waals surface area (Å²) in [6.45, 7) is 1.32. The minimum atomic E-state index is -0.688. The molecule has 0 saturated carbocycles. The second-order valence-electron chi connectivity index (χ2n) is 7.41. The summed E-state index contributed by atoms with van der Waals surface area (Å²) in [6, 6.07) is 22.5. The van der Waals surface area contributed by atoms with Crippen molar-refractivity contribution in [3.63, 3.8) is 0 Å². The fraction of sp³-hybridized carbons (Fsp3) is 0.200. The second-order valence-corrected chi connectivity index (χ2v) is 7.41. The van der Waals surface area contributed by atoms with Gasteiger partial charge in [0.25, 0.3) is 5.91 Å². The van der Waals surface area contributed by atoms with Crippen LogP contribution in [0.4, 0.5) is 0 Å². The minimum Gasteiger partial charge on any atom is -0.459 e. The maximum atomic E-state index is 12.9. The van der Waals surface area contributed by atoms with E-state index in [9.17, 15) is 9.59 Å². The zero-order valence-corrected chi connectivity index (χ0v) is 17.2. The molecule has 0 aliphatic rings. The molecule has 2 amide bonds. The maximum Gasteiger partial charge on any atom is 0.287 e. The van der Waals surface area contributed by atoms with Crippen molar-refractivity contribution in [2.45, 2.75) is 25.4 Å². The molecule has 6 nitrogen and oxygen atoms in total. The van der Waals surface area contributed by atoms with Gasteiger partial charge in [-0.2, -0.15) is 0 Å². The summed E-state index contributed by atoms with van der Waals surface area (Å²) >= 11 is 0. The molecule has 0 aliphatic carbocycles. The van der Waals surface area contributed by atoms with Gasteiger partial charge in [0.15, 0.2) is 5.76 Å². The van der Waals surface area contributed by atoms with Crippen molar-refractivity contribution in [2.24, 2.45) is 0 Å². The maximum absolute atomic E-state index is 12.9. The molecular weight excluding hydrogens is 390 g/mol. The molecule has 0 bridgehead atoms. The average Bonchev–Trinajstić information content (AvgIpc) is 3.47. The van der Waals surface area contributed by atoms with Crippen LogP contribution in [0, 0.1) is 0 Å². The third-order valence-corrected chi connectivity index (χ3v) is 5.20. The molecule has 1 atom stereocenters. The van der Waals surface area contributed by atoms with Crippen LogP contribution in [0.2, 0.25) is 0 Å². The van der Waals surface area contributed by atoms with E-state index in [4.69, 9.17) is 4.42 Å². The summed E-state index contributed by atoms with van der Waals surface area (Å²) in [4.78, 5) is 25.3. The van der Waals surface area contributed by atoms with Crippen LogP contribution >= 0.6 is 0 Å². The molecule has 2 heterocycles. The van der Waals surface area contributed by atoms with Crippen LogP contribution in [-0.2, 0) is 17.8 Å². The van der Waals surface area contributed by atoms with Crippen LogP contribution in [0.25, 0.3) is 10.9 Å². The molecule has 0 unspecified atom stereocenters. The Kier molecular flexibility index (Phi) is 6.47. The zero-order valence-electron chi connectivity index (χ0n) is 17.2. The van der Waals surface area contributed by atoms with Gasteiger partial charge in [-0.15, -0.1) is 0 Å². The smallest absolute Gasteiger partial charge is 0.287 e. The predicted octanol–water partition coefficient (Wildman–Crippen LogP) is 3.78. The molecule has 0 spiro atoms. The van der Waals surface area contributed by atoms with E-state index in [0.29, 0.717) is 13.0 Å². The summed E-state index contributed by atoms with van der Waals surface area (Å²) in [5.74, 6) is -0.425. The second kappa shape index (κ2) is 9.80. The molecule has 2 aromatic heterocycles. The zero-order chi connectivity index (χ0) is 21.5. The van der Waals surface area contributed by atoms with Gasteiger partial charge in [-0.1, -0.05) is 48.5 Å². The van der Waals surface area contributed by atoms with E-state index in [1.807, 2.05) is 42.5 Å². The van der Waals surface area contributed by atoms with Crippen molar-refractivity contribution in [1.82, 2.24) is 15.2 Å². The molecule has 6 heteroatoms. The van der Waals surface area contributed by atoms with E-state index in [-0.39, 0.29) is 11.7 Å². The summed E-state index contributed by atoms with van der Waals surface area (Å²) in [6.07, 6.45) is 4.69. The van der Waals surface area contributed by atoms with Crippen LogP contribution in [0.3, 0.4) is 0 Å². The van der Waals surface area contributed by atoms with Crippen LogP contribution in [0.5, 0.6) is 0 Å². The molecule has 4 aromatic rings. The Labute approximate surface area is 180 Å². The van der Waals surface area contributed by atoms with Crippen molar-refractivity contribution in [2.75, 3.05) is 6.54 Å². The number of aryl methyl sites for hydroxylation is 1. The fourth-order valence-corrected chi connectivity index (χ4v) is 3.62. The molecule has 0 fully saturated rings. The van der Waals surface area contributed by atoms with Gasteiger partial charge in [-0.3, -0.25) is 9.59 Å². The van der Waals surface area contributed by atoms with E-state index in [0.717, 1.165) is 18.5 Å². The molecule has 2 aromatic carbocycles. The largest absolute Gasteiger partial charge is 0.459 e. The lowest BCUT2D eigenvalue weighted by molar-refractivity contribution is -0.122. The number of fused-ring (bicyclic) bond motifs is 1. The van der Waals surface area contributed by atoms with Crippen molar-refractivity contribution >= 4 is 22.7 Å². The molecule has 4 rings (SSSR count). The van der Waals surface area contributed by atoms with Crippen LogP contribution in [-0.4, -0.2) is 29.0 Å². The first-order chi connectivity index (χ1) is 15.2. The Morgan fingerprint density at radius 2 is 1.74 bits per heavy atom. The average molecular weight is 415 g/mol. The number of carbonyl (C=O) groups excluding carboxylic acids is 2. The lowest BCUT2D eigenvalue weighted by atomic mass is 10.0. The van der Waals surface area contributed by atoms with E-state index in [2.05, 4.69) is 39.6 Å². The Morgan fingerprint density at radius 1 is 0.935 bits per heavy atom. The van der Waals surface area contributed by atoms with Gasteiger partial charge in [0.05, 0.1) is 6.26 Å². The number of para-hydroxylation sites is 1. The standard InChI is InChI=1S/C25H25N3O3/c29-24(26-14-7-15-28-16-13-20-10-4-5-11-22(20)28)21(18-19-8-2-1-3-9-19)27-25(30)23-12-6-17-31-23/h1-6,8-13,16-17,21H,7,14-15,18H2,(H,26,29)(H,27,30)/t21-/m0/s1. The number of furan rings is 1. The van der Waals surface area contributed by atoms with E-state index < -0.39 is 11.9 Å². The summed E-state index contributed by atoms with van der Waals surface area (Å²) in [5.41, 5.74) is 2.16. The van der Waals surface area contributed by atoms with Crippen LogP contribution < -0.4 is 10.6 Å². The Bertz CT molecular complexity index is 1130. The quantitative estimate of drug-likeness (QED) is 0.409.